The molecule has 0 aromatic carbocycles. The second-order valence-corrected chi connectivity index (χ2v) is 2.60. The summed E-state index contributed by atoms with van der Waals surface area (Å²) in [7, 11) is 1.37. The molecule has 0 fully saturated rings. The van der Waals surface area contributed by atoms with Gasteiger partial charge in [0.05, 0.1) is 6.61 Å². The first-order valence-electron chi connectivity index (χ1n) is 4.00. The number of carbonyl (C=O) groups excluding carboxylic acids is 1. The van der Waals surface area contributed by atoms with E-state index in [9.17, 15) is 14.9 Å². The molecule has 1 amide bonds. The van der Waals surface area contributed by atoms with Crippen molar-refractivity contribution in [3.05, 3.63) is 15.9 Å². The van der Waals surface area contributed by atoms with Crippen LogP contribution in [0.25, 0.3) is 0 Å². The molecule has 1 heterocycles. The third-order valence-corrected chi connectivity index (χ3v) is 1.52. The first-order chi connectivity index (χ1) is 7.06. The number of aliphatic hydroxyl groups excluding tert-OH is 1. The number of aryl methyl sites for hydroxylation is 1. The number of aromatic nitrogens is 3. The Morgan fingerprint density at radius 3 is 2.87 bits per heavy atom. The fourth-order valence-electron chi connectivity index (χ4n) is 0.895. The Labute approximate surface area is 83.9 Å². The van der Waals surface area contributed by atoms with Gasteiger partial charge in [-0.25, -0.2) is 0 Å². The number of hydrogen-bond acceptors (Lipinski definition) is 6. The highest BCUT2D eigenvalue weighted by Gasteiger charge is 2.24. The first-order valence-corrected chi connectivity index (χ1v) is 4.00. The molecule has 0 aliphatic carbocycles. The van der Waals surface area contributed by atoms with E-state index in [1.165, 1.54) is 7.05 Å². The molecule has 0 spiro atoms. The minimum Gasteiger partial charge on any atom is -0.395 e. The van der Waals surface area contributed by atoms with Gasteiger partial charge in [-0.3, -0.25) is 4.79 Å². The van der Waals surface area contributed by atoms with Crippen LogP contribution in [0.4, 0.5) is 5.95 Å². The average Bonchev–Trinajstić information content (AvgIpc) is 2.57. The Morgan fingerprint density at radius 1 is 1.73 bits per heavy atom. The van der Waals surface area contributed by atoms with Crippen molar-refractivity contribution in [2.45, 2.75) is 0 Å². The van der Waals surface area contributed by atoms with Gasteiger partial charge in [-0.2, -0.15) is 4.68 Å². The highest BCUT2D eigenvalue weighted by molar-refractivity contribution is 5.90. The van der Waals surface area contributed by atoms with E-state index in [2.05, 4.69) is 15.4 Å². The Balaban J connectivity index is 2.85. The van der Waals surface area contributed by atoms with Crippen molar-refractivity contribution in [3.8, 4) is 0 Å². The van der Waals surface area contributed by atoms with E-state index >= 15 is 0 Å². The topological polar surface area (TPSA) is 123 Å². The van der Waals surface area contributed by atoms with Crippen LogP contribution in [0.1, 0.15) is 10.6 Å². The lowest BCUT2D eigenvalue weighted by atomic mass is 10.5. The van der Waals surface area contributed by atoms with Gasteiger partial charge in [-0.1, -0.05) is 0 Å². The summed E-state index contributed by atoms with van der Waals surface area (Å²) in [5, 5.41) is 24.5. The van der Waals surface area contributed by atoms with Crippen LogP contribution in [0.3, 0.4) is 0 Å². The van der Waals surface area contributed by atoms with Gasteiger partial charge in [-0.05, 0) is 9.91 Å². The SMILES string of the molecule is Cn1nc([N+](=O)[O-])nc1C(=O)NCCO. The highest BCUT2D eigenvalue weighted by Crippen LogP contribution is 2.03. The van der Waals surface area contributed by atoms with Crippen molar-refractivity contribution in [2.75, 3.05) is 13.2 Å². The van der Waals surface area contributed by atoms with Crippen LogP contribution >= 0.6 is 0 Å². The van der Waals surface area contributed by atoms with E-state index in [-0.39, 0.29) is 19.0 Å². The maximum Gasteiger partial charge on any atom is 0.491 e. The molecule has 1 aromatic rings. The zero-order valence-corrected chi connectivity index (χ0v) is 7.88. The second kappa shape index (κ2) is 4.46. The van der Waals surface area contributed by atoms with Crippen molar-refractivity contribution in [1.82, 2.24) is 20.1 Å². The molecule has 0 atom stereocenters. The zero-order chi connectivity index (χ0) is 11.4. The van der Waals surface area contributed by atoms with E-state index in [1.807, 2.05) is 0 Å². The monoisotopic (exact) mass is 215 g/mol. The Morgan fingerprint density at radius 2 is 2.40 bits per heavy atom. The molecule has 0 aliphatic heterocycles. The van der Waals surface area contributed by atoms with Crippen LogP contribution in [-0.4, -0.2) is 43.9 Å². The van der Waals surface area contributed by atoms with Gasteiger partial charge in [0.2, 0.25) is 0 Å². The van der Waals surface area contributed by atoms with Crippen LogP contribution in [-0.2, 0) is 7.05 Å². The molecular formula is C6H9N5O4. The van der Waals surface area contributed by atoms with Crippen molar-refractivity contribution < 1.29 is 14.8 Å². The number of nitrogens with one attached hydrogen (secondary N) is 1. The van der Waals surface area contributed by atoms with Crippen molar-refractivity contribution in [2.24, 2.45) is 7.05 Å². The molecule has 2 N–H and O–H groups in total. The number of rotatable bonds is 4. The fourth-order valence-corrected chi connectivity index (χ4v) is 0.895. The largest absolute Gasteiger partial charge is 0.491 e. The van der Waals surface area contributed by atoms with Crippen molar-refractivity contribution in [3.63, 3.8) is 0 Å². The number of amides is 1. The lowest BCUT2D eigenvalue weighted by Gasteiger charge is -1.97. The Hall–Kier alpha value is -2.03. The summed E-state index contributed by atoms with van der Waals surface area (Å²) in [6, 6.07) is 0. The van der Waals surface area contributed by atoms with Crippen LogP contribution in [0, 0.1) is 10.1 Å². The number of carbonyl (C=O) groups is 1. The van der Waals surface area contributed by atoms with Crippen LogP contribution < -0.4 is 5.32 Å². The van der Waals surface area contributed by atoms with Gasteiger partial charge in [0.1, 0.15) is 0 Å². The summed E-state index contributed by atoms with van der Waals surface area (Å²) in [6.45, 7) is -0.162. The number of hydrogen-bond donors (Lipinski definition) is 2. The van der Waals surface area contributed by atoms with Gasteiger partial charge in [-0.15, -0.1) is 0 Å². The summed E-state index contributed by atoms with van der Waals surface area (Å²) < 4.78 is 1.00. The second-order valence-electron chi connectivity index (χ2n) is 2.60. The summed E-state index contributed by atoms with van der Waals surface area (Å²) >= 11 is 0. The summed E-state index contributed by atoms with van der Waals surface area (Å²) in [5.74, 6) is -1.42. The van der Waals surface area contributed by atoms with Crippen molar-refractivity contribution >= 4 is 11.9 Å². The predicted molar refractivity (Wildman–Crippen MR) is 47.1 cm³/mol. The van der Waals surface area contributed by atoms with Crippen LogP contribution in [0.2, 0.25) is 0 Å². The van der Waals surface area contributed by atoms with E-state index in [0.29, 0.717) is 0 Å². The molecule has 82 valence electrons. The van der Waals surface area contributed by atoms with Gasteiger partial charge < -0.3 is 20.5 Å². The van der Waals surface area contributed by atoms with Crippen molar-refractivity contribution in [1.29, 1.82) is 0 Å². The molecule has 1 rings (SSSR count). The molecule has 0 unspecified atom stereocenters. The van der Waals surface area contributed by atoms with E-state index in [0.717, 1.165) is 4.68 Å². The van der Waals surface area contributed by atoms with Crippen LogP contribution in [0.5, 0.6) is 0 Å². The minimum absolute atomic E-state index is 0.0551. The van der Waals surface area contributed by atoms with E-state index < -0.39 is 16.8 Å². The molecular weight excluding hydrogens is 206 g/mol. The number of aliphatic hydroxyl groups is 1. The van der Waals surface area contributed by atoms with E-state index in [1.54, 1.807) is 0 Å². The zero-order valence-electron chi connectivity index (χ0n) is 7.88. The average molecular weight is 215 g/mol. The lowest BCUT2D eigenvalue weighted by Crippen LogP contribution is -2.28. The summed E-state index contributed by atoms with van der Waals surface area (Å²) in [5.41, 5.74) is 0. The van der Waals surface area contributed by atoms with Crippen LogP contribution in [0.15, 0.2) is 0 Å². The number of nitro groups is 1. The molecule has 1 aromatic heterocycles. The van der Waals surface area contributed by atoms with E-state index in [4.69, 9.17) is 5.11 Å². The third-order valence-electron chi connectivity index (χ3n) is 1.52. The molecule has 15 heavy (non-hydrogen) atoms. The summed E-state index contributed by atoms with van der Waals surface area (Å²) in [4.78, 5) is 24.2. The molecule has 0 saturated heterocycles. The predicted octanol–water partition coefficient (Wildman–Crippen LogP) is -1.55. The molecule has 0 radical (unpaired) electrons. The number of nitrogens with zero attached hydrogens (tertiary/aromatic N) is 4. The fraction of sp³-hybridized carbons (Fsp3) is 0.500. The Bertz CT molecular complexity index is 387. The highest BCUT2D eigenvalue weighted by atomic mass is 16.6. The van der Waals surface area contributed by atoms with Gasteiger partial charge >= 0.3 is 17.7 Å². The molecule has 9 nitrogen and oxygen atoms in total. The first kappa shape index (κ1) is 11.0. The molecule has 0 saturated carbocycles. The summed E-state index contributed by atoms with van der Waals surface area (Å²) in [6.07, 6.45) is 0. The molecule has 0 aliphatic rings. The standard InChI is InChI=1S/C6H9N5O4/c1-10-4(5(13)7-2-3-12)8-6(9-10)11(14)15/h12H,2-3H2,1H3,(H,7,13). The smallest absolute Gasteiger partial charge is 0.395 e. The minimum atomic E-state index is -0.789. The molecule has 9 heteroatoms. The lowest BCUT2D eigenvalue weighted by molar-refractivity contribution is -0.394. The maximum atomic E-state index is 11.3. The van der Waals surface area contributed by atoms with Gasteiger partial charge in [0.15, 0.2) is 0 Å². The quantitative estimate of drug-likeness (QED) is 0.462. The maximum absolute atomic E-state index is 11.3. The normalized spacial score (nSPS) is 10.0. The molecule has 0 bridgehead atoms. The Kier molecular flexibility index (Phi) is 3.29. The van der Waals surface area contributed by atoms with Gasteiger partial charge in [0, 0.05) is 18.7 Å². The third kappa shape index (κ3) is 2.47. The van der Waals surface area contributed by atoms with Gasteiger partial charge in [0.25, 0.3) is 0 Å².